The molecule has 53 heavy (non-hydrogen) atoms. The molecule has 3 amide bonds. The topological polar surface area (TPSA) is 87.7 Å². The molecule has 2 aromatic carbocycles. The van der Waals surface area contributed by atoms with E-state index >= 15 is 0 Å². The average Bonchev–Trinajstić information content (AvgIpc) is 3.45. The molecule has 4 saturated carbocycles. The zero-order chi connectivity index (χ0) is 38.2. The van der Waals surface area contributed by atoms with Crippen molar-refractivity contribution < 1.29 is 19.1 Å². The van der Waals surface area contributed by atoms with Crippen LogP contribution in [0.25, 0.3) is 0 Å². The zero-order valence-electron chi connectivity index (χ0n) is 31.2. The normalized spacial score (nSPS) is 32.3. The minimum absolute atomic E-state index is 0.0509. The number of amides is 3. The van der Waals surface area contributed by atoms with E-state index in [1.54, 1.807) is 47.4 Å². The first-order valence-electron chi connectivity index (χ1n) is 19.2. The monoisotopic (exact) mass is 803 g/mol. The average molecular weight is 806 g/mol. The van der Waals surface area contributed by atoms with Crippen molar-refractivity contribution in [2.45, 2.75) is 97.1 Å². The van der Waals surface area contributed by atoms with Crippen LogP contribution in [0.2, 0.25) is 20.1 Å². The summed E-state index contributed by atoms with van der Waals surface area (Å²) >= 11 is 24.9. The van der Waals surface area contributed by atoms with Gasteiger partial charge in [0.2, 0.25) is 5.91 Å². The fourth-order valence-corrected chi connectivity index (χ4v) is 12.4. The van der Waals surface area contributed by atoms with Gasteiger partial charge in [-0.1, -0.05) is 73.3 Å². The number of fused-ring (bicyclic) bond motifs is 5. The summed E-state index contributed by atoms with van der Waals surface area (Å²) in [6.07, 6.45) is 10.2. The van der Waals surface area contributed by atoms with Gasteiger partial charge in [0.25, 0.3) is 5.91 Å². The van der Waals surface area contributed by atoms with E-state index in [1.165, 1.54) is 0 Å². The number of halogens is 4. The van der Waals surface area contributed by atoms with Crippen LogP contribution >= 0.6 is 46.4 Å². The fraction of sp³-hybridized carbons (Fsp3) is 0.595. The number of hydrogen-bond acceptors (Lipinski definition) is 4. The van der Waals surface area contributed by atoms with E-state index in [1.807, 2.05) is 7.05 Å². The number of ether oxygens (including phenoxy) is 1. The fourth-order valence-electron chi connectivity index (χ4n) is 11.4. The van der Waals surface area contributed by atoms with E-state index in [2.05, 4.69) is 38.0 Å². The molecule has 10 atom stereocenters. The molecular formula is C42H53Cl4N3O4. The molecule has 288 valence electrons. The van der Waals surface area contributed by atoms with Crippen LogP contribution in [-0.4, -0.2) is 48.5 Å². The van der Waals surface area contributed by atoms with Crippen molar-refractivity contribution in [2.75, 3.05) is 18.9 Å². The Kier molecular flexibility index (Phi) is 12.4. The van der Waals surface area contributed by atoms with E-state index in [4.69, 9.17) is 51.1 Å². The van der Waals surface area contributed by atoms with E-state index in [-0.39, 0.29) is 40.7 Å². The highest BCUT2D eigenvalue weighted by atomic mass is 35.5. The molecule has 11 heteroatoms. The molecule has 2 N–H and O–H groups in total. The van der Waals surface area contributed by atoms with Crippen LogP contribution in [-0.2, 0) is 9.53 Å². The van der Waals surface area contributed by atoms with Gasteiger partial charge in [-0.2, -0.15) is 0 Å². The molecule has 0 aromatic heterocycles. The third kappa shape index (κ3) is 8.39. The maximum Gasteiger partial charge on any atom is 0.411 e. The molecule has 0 spiro atoms. The largest absolute Gasteiger partial charge is 0.445 e. The van der Waals surface area contributed by atoms with Gasteiger partial charge in [0.05, 0.1) is 0 Å². The van der Waals surface area contributed by atoms with E-state index in [0.717, 1.165) is 57.8 Å². The van der Waals surface area contributed by atoms with Crippen LogP contribution in [0.3, 0.4) is 0 Å². The maximum atomic E-state index is 13.8. The number of nitrogens with one attached hydrogen (secondary N) is 2. The van der Waals surface area contributed by atoms with Gasteiger partial charge in [-0.3, -0.25) is 14.9 Å². The number of anilines is 1. The van der Waals surface area contributed by atoms with Crippen LogP contribution in [0.4, 0.5) is 10.5 Å². The van der Waals surface area contributed by atoms with E-state index in [9.17, 15) is 14.4 Å². The summed E-state index contributed by atoms with van der Waals surface area (Å²) in [5.74, 6) is 2.30. The number of carbonyl (C=O) groups is 3. The van der Waals surface area contributed by atoms with Crippen molar-refractivity contribution in [2.24, 2.45) is 46.3 Å². The number of likely N-dealkylation sites (N-methyl/N-ethyl adjacent to an activating group) is 1. The lowest BCUT2D eigenvalue weighted by Crippen LogP contribution is -2.60. The SMILES string of the molecule is C=CCN(C)C(=O)CC[C@@H](C)[C@H]1CC[C@H]2[C@@H]3CC[C@@H]4C[C@H](NC(=O)c5cc(Cl)cc(Cl)c5)CC[C@]4(C)[C@H]3C[C@H](OC(=O)Nc3cc(Cl)cc(Cl)c3)[C@]12C. The Labute approximate surface area is 334 Å². The smallest absolute Gasteiger partial charge is 0.411 e. The van der Waals surface area contributed by atoms with Gasteiger partial charge >= 0.3 is 6.09 Å². The third-order valence-corrected chi connectivity index (χ3v) is 14.8. The molecule has 7 nitrogen and oxygen atoms in total. The standard InChI is InChI=1S/C42H53Cl4N3O4/c1-6-15-49(5)38(50)12-7-24(2)34-10-11-35-33-9-8-26-18-31(47-39(51)25-16-27(43)19-28(44)17-25)13-14-41(26,3)36(33)23-37(42(34,35)4)53-40(52)48-32-21-29(45)20-30(46)22-32/h6,16-17,19-22,24,26,31,33-37H,1,7-15,18,23H2,2-5H3,(H,47,51)(H,48,52)/t24-,26-,31-,33+,34-,35+,36+,37+,41+,42-/m1/s1. The lowest BCUT2D eigenvalue weighted by Gasteiger charge is -2.63. The molecule has 0 radical (unpaired) electrons. The van der Waals surface area contributed by atoms with Crippen LogP contribution < -0.4 is 10.6 Å². The molecule has 4 aliphatic carbocycles. The first-order chi connectivity index (χ1) is 25.1. The van der Waals surface area contributed by atoms with E-state index in [0.29, 0.717) is 73.9 Å². The molecule has 2 aromatic rings. The number of carbonyl (C=O) groups excluding carboxylic acids is 3. The van der Waals surface area contributed by atoms with Crippen LogP contribution in [0.5, 0.6) is 0 Å². The van der Waals surface area contributed by atoms with Crippen molar-refractivity contribution in [1.29, 1.82) is 0 Å². The first kappa shape index (κ1) is 40.2. The number of benzene rings is 2. The van der Waals surface area contributed by atoms with Crippen molar-refractivity contribution >= 4 is 70.0 Å². The van der Waals surface area contributed by atoms with E-state index < -0.39 is 6.09 Å². The molecule has 0 saturated heterocycles. The Morgan fingerprint density at radius 2 is 1.58 bits per heavy atom. The predicted octanol–water partition coefficient (Wildman–Crippen LogP) is 11.3. The third-order valence-electron chi connectivity index (χ3n) is 14.0. The Morgan fingerprint density at radius 3 is 2.25 bits per heavy atom. The van der Waals surface area contributed by atoms with Crippen molar-refractivity contribution in [3.8, 4) is 0 Å². The van der Waals surface area contributed by atoms with Gasteiger partial charge < -0.3 is 15.0 Å². The molecule has 0 heterocycles. The van der Waals surface area contributed by atoms with Crippen molar-refractivity contribution in [1.82, 2.24) is 10.2 Å². The van der Waals surface area contributed by atoms with Crippen LogP contribution in [0.1, 0.15) is 95.3 Å². The second-order valence-corrected chi connectivity index (χ2v) is 18.5. The van der Waals surface area contributed by atoms with Crippen LogP contribution in [0, 0.1) is 46.3 Å². The van der Waals surface area contributed by atoms with Crippen LogP contribution in [0.15, 0.2) is 49.1 Å². The Morgan fingerprint density at radius 1 is 0.925 bits per heavy atom. The number of nitrogens with zero attached hydrogens (tertiary/aromatic N) is 1. The summed E-state index contributed by atoms with van der Waals surface area (Å²) in [5.41, 5.74) is 0.774. The molecule has 4 fully saturated rings. The summed E-state index contributed by atoms with van der Waals surface area (Å²) in [6, 6.07) is 9.98. The summed E-state index contributed by atoms with van der Waals surface area (Å²) in [7, 11) is 1.83. The molecule has 0 bridgehead atoms. The van der Waals surface area contributed by atoms with Gasteiger partial charge in [0.15, 0.2) is 0 Å². The Hall–Kier alpha value is -2.45. The Bertz CT molecular complexity index is 1680. The zero-order valence-corrected chi connectivity index (χ0v) is 34.3. The molecule has 0 aliphatic heterocycles. The lowest BCUT2D eigenvalue weighted by atomic mass is 9.43. The quantitative estimate of drug-likeness (QED) is 0.234. The Balaban J connectivity index is 1.22. The van der Waals surface area contributed by atoms with Crippen molar-refractivity contribution in [3.63, 3.8) is 0 Å². The predicted molar refractivity (Wildman–Crippen MR) is 215 cm³/mol. The highest BCUT2D eigenvalue weighted by Gasteiger charge is 2.65. The highest BCUT2D eigenvalue weighted by molar-refractivity contribution is 6.35. The lowest BCUT2D eigenvalue weighted by molar-refractivity contribution is -0.169. The number of rotatable bonds is 10. The molecule has 4 aliphatic rings. The molecule has 0 unspecified atom stereocenters. The second kappa shape index (κ2) is 16.3. The van der Waals surface area contributed by atoms with Gasteiger partial charge in [0, 0.05) is 62.8 Å². The summed E-state index contributed by atoms with van der Waals surface area (Å²) < 4.78 is 6.58. The molecule has 6 rings (SSSR count). The van der Waals surface area contributed by atoms with Gasteiger partial charge in [0.1, 0.15) is 6.10 Å². The van der Waals surface area contributed by atoms with Gasteiger partial charge in [-0.05, 0) is 135 Å². The number of hydrogen-bond donors (Lipinski definition) is 2. The van der Waals surface area contributed by atoms with Gasteiger partial charge in [-0.25, -0.2) is 4.79 Å². The second-order valence-electron chi connectivity index (χ2n) is 16.8. The minimum Gasteiger partial charge on any atom is -0.445 e. The highest BCUT2D eigenvalue weighted by Crippen LogP contribution is 2.69. The first-order valence-corrected chi connectivity index (χ1v) is 20.7. The molecular weight excluding hydrogens is 752 g/mol. The summed E-state index contributed by atoms with van der Waals surface area (Å²) in [6.45, 7) is 11.4. The summed E-state index contributed by atoms with van der Waals surface area (Å²) in [5, 5.41) is 7.95. The minimum atomic E-state index is -0.503. The van der Waals surface area contributed by atoms with Crippen molar-refractivity contribution in [3.05, 3.63) is 74.7 Å². The maximum absolute atomic E-state index is 13.8. The van der Waals surface area contributed by atoms with Gasteiger partial charge in [-0.15, -0.1) is 6.58 Å². The summed E-state index contributed by atoms with van der Waals surface area (Å²) in [4.78, 5) is 41.7.